The van der Waals surface area contributed by atoms with Gasteiger partial charge >= 0.3 is 0 Å². The van der Waals surface area contributed by atoms with Crippen LogP contribution in [0.25, 0.3) is 0 Å². The number of hydrogen-bond acceptors (Lipinski definition) is 5. The first-order valence-electron chi connectivity index (χ1n) is 9.26. The van der Waals surface area contributed by atoms with Gasteiger partial charge in [-0.05, 0) is 38.7 Å². The summed E-state index contributed by atoms with van der Waals surface area (Å²) < 4.78 is 5.43. The summed E-state index contributed by atoms with van der Waals surface area (Å²) in [5, 5.41) is 9.04. The highest BCUT2D eigenvalue weighted by Gasteiger charge is 2.31. The van der Waals surface area contributed by atoms with Gasteiger partial charge in [0.05, 0.1) is 18.8 Å². The van der Waals surface area contributed by atoms with Crippen LogP contribution in [-0.2, 0) is 4.74 Å². The van der Waals surface area contributed by atoms with Crippen molar-refractivity contribution in [3.05, 3.63) is 33.2 Å². The first kappa shape index (κ1) is 18.6. The summed E-state index contributed by atoms with van der Waals surface area (Å²) in [6, 6.07) is 3.76. The number of hydrogen-bond donors (Lipinski definition) is 1. The minimum absolute atomic E-state index is 0.0187. The summed E-state index contributed by atoms with van der Waals surface area (Å²) in [4.78, 5) is 31.4. The lowest BCUT2D eigenvalue weighted by atomic mass is 9.89. The quantitative estimate of drug-likeness (QED) is 0.875. The number of nitrogens with zero attached hydrogens (tertiary/aromatic N) is 3. The lowest BCUT2D eigenvalue weighted by molar-refractivity contribution is -0.000957. The van der Waals surface area contributed by atoms with E-state index in [2.05, 4.69) is 16.8 Å². The van der Waals surface area contributed by atoms with Crippen molar-refractivity contribution in [2.45, 2.75) is 32.7 Å². The van der Waals surface area contributed by atoms with Gasteiger partial charge < -0.3 is 14.6 Å². The average Bonchev–Trinajstić information content (AvgIpc) is 2.68. The third-order valence-electron chi connectivity index (χ3n) is 5.72. The van der Waals surface area contributed by atoms with Crippen LogP contribution in [0.2, 0.25) is 0 Å². The zero-order valence-electron chi connectivity index (χ0n) is 15.5. The van der Waals surface area contributed by atoms with Crippen molar-refractivity contribution in [2.24, 2.45) is 5.92 Å². The first-order valence-corrected chi connectivity index (χ1v) is 9.26. The van der Waals surface area contributed by atoms with Crippen molar-refractivity contribution >= 4 is 5.91 Å². The Morgan fingerprint density at radius 1 is 1.31 bits per heavy atom. The van der Waals surface area contributed by atoms with Gasteiger partial charge in [-0.3, -0.25) is 14.5 Å². The van der Waals surface area contributed by atoms with Crippen LogP contribution >= 0.6 is 0 Å². The Morgan fingerprint density at radius 2 is 1.96 bits per heavy atom. The number of carbonyl (C=O) groups excluding carboxylic acids is 1. The van der Waals surface area contributed by atoms with Crippen LogP contribution in [0.3, 0.4) is 0 Å². The number of carbonyl (C=O) groups is 1. The number of aryl methyl sites for hydroxylation is 1. The standard InChI is InChI=1S/C19H26N4O3/c1-13-17(11-16(12-20)18(24)21-13)19(25)23-5-3-15(4-6-23)14(2)22-7-9-26-10-8-22/h11,14-15H,3-10H2,1-2H3,(H,21,24). The number of rotatable bonds is 3. The molecule has 1 amide bonds. The monoisotopic (exact) mass is 358 g/mol. The Hall–Kier alpha value is -2.17. The molecule has 0 radical (unpaired) electrons. The second-order valence-corrected chi connectivity index (χ2v) is 7.18. The van der Waals surface area contributed by atoms with Crippen LogP contribution in [0.5, 0.6) is 0 Å². The molecular formula is C19H26N4O3. The number of nitrogens with one attached hydrogen (secondary N) is 1. The summed E-state index contributed by atoms with van der Waals surface area (Å²) in [5.41, 5.74) is 0.470. The van der Waals surface area contributed by atoms with E-state index in [1.54, 1.807) is 6.92 Å². The molecule has 7 nitrogen and oxygen atoms in total. The molecule has 2 aliphatic heterocycles. The van der Waals surface area contributed by atoms with E-state index in [1.165, 1.54) is 6.07 Å². The van der Waals surface area contributed by atoms with E-state index in [-0.39, 0.29) is 11.5 Å². The van der Waals surface area contributed by atoms with Gasteiger partial charge in [0.25, 0.3) is 11.5 Å². The van der Waals surface area contributed by atoms with Crippen LogP contribution in [0.15, 0.2) is 10.9 Å². The smallest absolute Gasteiger partial charge is 0.266 e. The SMILES string of the molecule is Cc1[nH]c(=O)c(C#N)cc1C(=O)N1CCC(C(C)N2CCOCC2)CC1. The minimum Gasteiger partial charge on any atom is -0.379 e. The fourth-order valence-corrected chi connectivity index (χ4v) is 3.97. The molecule has 3 rings (SSSR count). The van der Waals surface area contributed by atoms with Gasteiger partial charge in [-0.25, -0.2) is 0 Å². The molecule has 0 spiro atoms. The Labute approximate surface area is 153 Å². The normalized spacial score (nSPS) is 20.6. The zero-order chi connectivity index (χ0) is 18.7. The van der Waals surface area contributed by atoms with Gasteiger partial charge in [0.2, 0.25) is 0 Å². The molecule has 140 valence electrons. The summed E-state index contributed by atoms with van der Waals surface area (Å²) in [7, 11) is 0. The predicted octanol–water partition coefficient (Wildman–Crippen LogP) is 1.13. The second kappa shape index (κ2) is 8.02. The molecule has 1 aromatic heterocycles. The number of aromatic nitrogens is 1. The summed E-state index contributed by atoms with van der Waals surface area (Å²) in [6.45, 7) is 8.95. The lowest BCUT2D eigenvalue weighted by Crippen LogP contribution is -2.49. The number of amides is 1. The van der Waals surface area contributed by atoms with E-state index in [0.29, 0.717) is 36.3 Å². The molecule has 1 aromatic rings. The summed E-state index contributed by atoms with van der Waals surface area (Å²) in [5.74, 6) is 0.469. The van der Waals surface area contributed by atoms with Crippen molar-refractivity contribution < 1.29 is 9.53 Å². The molecule has 1 atom stereocenters. The van der Waals surface area contributed by atoms with Crippen molar-refractivity contribution in [1.82, 2.24) is 14.8 Å². The third kappa shape index (κ3) is 3.81. The maximum Gasteiger partial charge on any atom is 0.266 e. The maximum atomic E-state index is 12.8. The third-order valence-corrected chi connectivity index (χ3v) is 5.72. The van der Waals surface area contributed by atoms with E-state index in [0.717, 1.165) is 39.1 Å². The highest BCUT2D eigenvalue weighted by Crippen LogP contribution is 2.25. The molecule has 0 bridgehead atoms. The van der Waals surface area contributed by atoms with E-state index in [1.807, 2.05) is 11.0 Å². The molecule has 0 aliphatic carbocycles. The number of nitriles is 1. The number of morpholine rings is 1. The van der Waals surface area contributed by atoms with Gasteiger partial charge in [0.1, 0.15) is 11.6 Å². The largest absolute Gasteiger partial charge is 0.379 e. The molecule has 1 N–H and O–H groups in total. The maximum absolute atomic E-state index is 12.8. The van der Waals surface area contributed by atoms with Crippen molar-refractivity contribution in [2.75, 3.05) is 39.4 Å². The average molecular weight is 358 g/mol. The molecule has 1 unspecified atom stereocenters. The Balaban J connectivity index is 1.64. The Kier molecular flexibility index (Phi) is 5.74. The van der Waals surface area contributed by atoms with Gasteiger partial charge in [-0.2, -0.15) is 5.26 Å². The van der Waals surface area contributed by atoms with Crippen molar-refractivity contribution in [3.63, 3.8) is 0 Å². The minimum atomic E-state index is -0.445. The molecule has 7 heteroatoms. The molecule has 3 heterocycles. The fraction of sp³-hybridized carbons (Fsp3) is 0.632. The van der Waals surface area contributed by atoms with E-state index in [4.69, 9.17) is 10.00 Å². The molecular weight excluding hydrogens is 332 g/mol. The predicted molar refractivity (Wildman–Crippen MR) is 97.0 cm³/mol. The van der Waals surface area contributed by atoms with Crippen LogP contribution in [0.4, 0.5) is 0 Å². The number of aromatic amines is 1. The molecule has 0 saturated carbocycles. The number of H-pyrrole nitrogens is 1. The van der Waals surface area contributed by atoms with E-state index < -0.39 is 5.56 Å². The number of pyridine rings is 1. The highest BCUT2D eigenvalue weighted by molar-refractivity contribution is 5.95. The van der Waals surface area contributed by atoms with Gasteiger partial charge in [0.15, 0.2) is 0 Å². The number of ether oxygens (including phenoxy) is 1. The second-order valence-electron chi connectivity index (χ2n) is 7.18. The van der Waals surface area contributed by atoms with Crippen molar-refractivity contribution in [1.29, 1.82) is 5.26 Å². The molecule has 26 heavy (non-hydrogen) atoms. The van der Waals surface area contributed by atoms with Crippen LogP contribution in [0, 0.1) is 24.2 Å². The lowest BCUT2D eigenvalue weighted by Gasteiger charge is -2.41. The van der Waals surface area contributed by atoms with Crippen molar-refractivity contribution in [3.8, 4) is 6.07 Å². The van der Waals surface area contributed by atoms with Crippen LogP contribution in [-0.4, -0.2) is 66.1 Å². The fourth-order valence-electron chi connectivity index (χ4n) is 3.97. The van der Waals surface area contributed by atoms with Crippen LogP contribution < -0.4 is 5.56 Å². The zero-order valence-corrected chi connectivity index (χ0v) is 15.5. The summed E-state index contributed by atoms with van der Waals surface area (Å²) >= 11 is 0. The van der Waals surface area contributed by atoms with Gasteiger partial charge in [-0.15, -0.1) is 0 Å². The molecule has 2 aliphatic rings. The Morgan fingerprint density at radius 3 is 2.58 bits per heavy atom. The van der Waals surface area contributed by atoms with Gasteiger partial charge in [-0.1, -0.05) is 0 Å². The summed E-state index contributed by atoms with van der Waals surface area (Å²) in [6.07, 6.45) is 1.94. The highest BCUT2D eigenvalue weighted by atomic mass is 16.5. The van der Waals surface area contributed by atoms with Crippen LogP contribution in [0.1, 0.15) is 41.4 Å². The number of likely N-dealkylation sites (tertiary alicyclic amines) is 1. The number of piperidine rings is 1. The molecule has 2 fully saturated rings. The Bertz CT molecular complexity index is 753. The van der Waals surface area contributed by atoms with E-state index in [9.17, 15) is 9.59 Å². The first-order chi connectivity index (χ1) is 12.5. The topological polar surface area (TPSA) is 89.4 Å². The van der Waals surface area contributed by atoms with E-state index >= 15 is 0 Å². The molecule has 0 aromatic carbocycles. The molecule has 2 saturated heterocycles. The van der Waals surface area contributed by atoms with Gasteiger partial charge in [0, 0.05) is 37.9 Å².